The summed E-state index contributed by atoms with van der Waals surface area (Å²) in [7, 11) is 1.54. The summed E-state index contributed by atoms with van der Waals surface area (Å²) in [4.78, 5) is 26.4. The molecule has 1 fully saturated rings. The number of anilines is 2. The van der Waals surface area contributed by atoms with Gasteiger partial charge in [0.15, 0.2) is 5.60 Å². The minimum atomic E-state index is -1.11. The Balaban J connectivity index is 1.73. The van der Waals surface area contributed by atoms with E-state index in [2.05, 4.69) is 5.32 Å². The van der Waals surface area contributed by atoms with Gasteiger partial charge in [0.1, 0.15) is 11.5 Å². The van der Waals surface area contributed by atoms with Crippen LogP contribution in [0.1, 0.15) is 26.7 Å². The average Bonchev–Trinajstić information content (AvgIpc) is 3.09. The number of carbonyl (C=O) groups excluding carboxylic acids is 2. The number of methoxy groups -OCH3 is 1. The summed E-state index contributed by atoms with van der Waals surface area (Å²) >= 11 is 5.88. The number of nitrogens with one attached hydrogen (secondary N) is 1. The molecule has 0 aromatic heterocycles. The zero-order valence-corrected chi connectivity index (χ0v) is 16.9. The fourth-order valence-electron chi connectivity index (χ4n) is 3.01. The Bertz CT molecular complexity index is 880. The lowest BCUT2D eigenvalue weighted by atomic mass is 10.1. The van der Waals surface area contributed by atoms with Crippen molar-refractivity contribution in [1.82, 2.24) is 0 Å². The van der Waals surface area contributed by atoms with Crippen molar-refractivity contribution in [1.29, 1.82) is 0 Å². The summed E-state index contributed by atoms with van der Waals surface area (Å²) in [6.07, 6.45) is 1.37. The molecule has 0 saturated carbocycles. The molecule has 2 amide bonds. The van der Waals surface area contributed by atoms with Crippen LogP contribution in [0.5, 0.6) is 11.5 Å². The van der Waals surface area contributed by atoms with E-state index in [9.17, 15) is 9.59 Å². The molecule has 3 rings (SSSR count). The Morgan fingerprint density at radius 1 is 1.18 bits per heavy atom. The second-order valence-electron chi connectivity index (χ2n) is 7.06. The smallest absolute Gasteiger partial charge is 0.267 e. The first-order chi connectivity index (χ1) is 13.3. The van der Waals surface area contributed by atoms with Gasteiger partial charge in [0, 0.05) is 29.7 Å². The highest BCUT2D eigenvalue weighted by atomic mass is 35.5. The van der Waals surface area contributed by atoms with E-state index in [1.807, 2.05) is 0 Å². The van der Waals surface area contributed by atoms with E-state index in [-0.39, 0.29) is 11.8 Å². The summed E-state index contributed by atoms with van der Waals surface area (Å²) in [5, 5.41) is 3.44. The molecule has 28 heavy (non-hydrogen) atoms. The van der Waals surface area contributed by atoms with Gasteiger partial charge in [0.2, 0.25) is 5.91 Å². The lowest BCUT2D eigenvalue weighted by molar-refractivity contribution is -0.128. The third-order valence-corrected chi connectivity index (χ3v) is 4.79. The molecule has 6 nitrogen and oxygen atoms in total. The topological polar surface area (TPSA) is 67.9 Å². The molecule has 7 heteroatoms. The molecular weight excluding hydrogens is 380 g/mol. The highest BCUT2D eigenvalue weighted by Crippen LogP contribution is 2.34. The third kappa shape index (κ3) is 4.39. The maximum atomic E-state index is 12.7. The third-order valence-electron chi connectivity index (χ3n) is 4.54. The maximum Gasteiger partial charge on any atom is 0.267 e. The van der Waals surface area contributed by atoms with Gasteiger partial charge >= 0.3 is 0 Å². The first-order valence-corrected chi connectivity index (χ1v) is 9.42. The van der Waals surface area contributed by atoms with Crippen LogP contribution in [0.15, 0.2) is 42.5 Å². The van der Waals surface area contributed by atoms with Gasteiger partial charge in [-0.05, 0) is 56.7 Å². The highest BCUT2D eigenvalue weighted by molar-refractivity contribution is 6.30. The van der Waals surface area contributed by atoms with Crippen LogP contribution in [0.4, 0.5) is 11.4 Å². The van der Waals surface area contributed by atoms with Crippen LogP contribution in [0, 0.1) is 0 Å². The standard InChI is InChI=1S/C21H23ClN2O4/c1-21(2,28-16-9-6-14(22)7-10-16)20(26)23-15-8-11-17(18(13-15)27-3)24-12-4-5-19(24)25/h6-11,13H,4-5,12H2,1-3H3,(H,23,26). The number of halogens is 1. The van der Waals surface area contributed by atoms with E-state index in [4.69, 9.17) is 21.1 Å². The molecule has 1 heterocycles. The van der Waals surface area contributed by atoms with Crippen LogP contribution in [0.3, 0.4) is 0 Å². The first kappa shape index (κ1) is 20.0. The molecule has 0 radical (unpaired) electrons. The fourth-order valence-corrected chi connectivity index (χ4v) is 3.13. The van der Waals surface area contributed by atoms with Crippen LogP contribution in [-0.4, -0.2) is 31.1 Å². The number of hydrogen-bond acceptors (Lipinski definition) is 4. The normalized spacial score (nSPS) is 14.1. The molecule has 1 aliphatic rings. The number of benzene rings is 2. The Morgan fingerprint density at radius 3 is 2.50 bits per heavy atom. The van der Waals surface area contributed by atoms with Gasteiger partial charge < -0.3 is 19.7 Å². The number of carbonyl (C=O) groups is 2. The van der Waals surface area contributed by atoms with Crippen LogP contribution < -0.4 is 19.7 Å². The fraction of sp³-hybridized carbons (Fsp3) is 0.333. The van der Waals surface area contributed by atoms with Crippen LogP contribution in [0.2, 0.25) is 5.02 Å². The molecule has 0 atom stereocenters. The summed E-state index contributed by atoms with van der Waals surface area (Å²) < 4.78 is 11.2. The predicted molar refractivity (Wildman–Crippen MR) is 109 cm³/mol. The number of rotatable bonds is 6. The zero-order chi connectivity index (χ0) is 20.3. The van der Waals surface area contributed by atoms with Gasteiger partial charge in [-0.3, -0.25) is 9.59 Å². The largest absolute Gasteiger partial charge is 0.494 e. The zero-order valence-electron chi connectivity index (χ0n) is 16.1. The second kappa shape index (κ2) is 8.10. The number of amides is 2. The second-order valence-corrected chi connectivity index (χ2v) is 7.49. The number of nitrogens with zero attached hydrogens (tertiary/aromatic N) is 1. The molecule has 1 aliphatic heterocycles. The average molecular weight is 403 g/mol. The molecule has 148 valence electrons. The van der Waals surface area contributed by atoms with Crippen molar-refractivity contribution in [3.05, 3.63) is 47.5 Å². The van der Waals surface area contributed by atoms with E-state index >= 15 is 0 Å². The van der Waals surface area contributed by atoms with Crippen molar-refractivity contribution >= 4 is 34.8 Å². The van der Waals surface area contributed by atoms with E-state index in [0.717, 1.165) is 6.42 Å². The van der Waals surface area contributed by atoms with Gasteiger partial charge in [-0.25, -0.2) is 0 Å². The van der Waals surface area contributed by atoms with E-state index in [0.29, 0.717) is 40.9 Å². The van der Waals surface area contributed by atoms with E-state index in [1.54, 1.807) is 68.3 Å². The predicted octanol–water partition coefficient (Wildman–Crippen LogP) is 4.27. The summed E-state index contributed by atoms with van der Waals surface area (Å²) in [6.45, 7) is 4.04. The molecule has 0 spiro atoms. The van der Waals surface area contributed by atoms with Crippen molar-refractivity contribution < 1.29 is 19.1 Å². The monoisotopic (exact) mass is 402 g/mol. The van der Waals surface area contributed by atoms with Crippen LogP contribution in [-0.2, 0) is 9.59 Å². The van der Waals surface area contributed by atoms with Gasteiger partial charge in [-0.15, -0.1) is 0 Å². The van der Waals surface area contributed by atoms with Crippen LogP contribution >= 0.6 is 11.6 Å². The number of hydrogen-bond donors (Lipinski definition) is 1. The Kier molecular flexibility index (Phi) is 5.79. The Labute approximate surface area is 169 Å². The Morgan fingerprint density at radius 2 is 1.89 bits per heavy atom. The van der Waals surface area contributed by atoms with Crippen molar-refractivity contribution in [3.8, 4) is 11.5 Å². The summed E-state index contributed by atoms with van der Waals surface area (Å²) in [6, 6.07) is 12.1. The van der Waals surface area contributed by atoms with Crippen molar-refractivity contribution in [3.63, 3.8) is 0 Å². The van der Waals surface area contributed by atoms with Crippen molar-refractivity contribution in [2.24, 2.45) is 0 Å². The molecule has 1 saturated heterocycles. The molecule has 0 bridgehead atoms. The van der Waals surface area contributed by atoms with Crippen molar-refractivity contribution in [2.75, 3.05) is 23.9 Å². The highest BCUT2D eigenvalue weighted by Gasteiger charge is 2.31. The minimum absolute atomic E-state index is 0.0765. The SMILES string of the molecule is COc1cc(NC(=O)C(C)(C)Oc2ccc(Cl)cc2)ccc1N1CCCC1=O. The minimum Gasteiger partial charge on any atom is -0.494 e. The van der Waals surface area contributed by atoms with Gasteiger partial charge in [-0.1, -0.05) is 11.6 Å². The van der Waals surface area contributed by atoms with Gasteiger partial charge in [0.05, 0.1) is 12.8 Å². The molecule has 0 unspecified atom stereocenters. The molecule has 1 N–H and O–H groups in total. The lowest BCUT2D eigenvalue weighted by Crippen LogP contribution is -2.42. The van der Waals surface area contributed by atoms with E-state index < -0.39 is 5.60 Å². The summed E-state index contributed by atoms with van der Waals surface area (Å²) in [5.74, 6) is 0.844. The quantitative estimate of drug-likeness (QED) is 0.783. The molecule has 2 aromatic carbocycles. The van der Waals surface area contributed by atoms with Gasteiger partial charge in [-0.2, -0.15) is 0 Å². The van der Waals surface area contributed by atoms with Crippen LogP contribution in [0.25, 0.3) is 0 Å². The van der Waals surface area contributed by atoms with Gasteiger partial charge in [0.25, 0.3) is 5.91 Å². The molecule has 2 aromatic rings. The van der Waals surface area contributed by atoms with Crippen molar-refractivity contribution in [2.45, 2.75) is 32.3 Å². The Hall–Kier alpha value is -2.73. The maximum absolute atomic E-state index is 12.7. The lowest BCUT2D eigenvalue weighted by Gasteiger charge is -2.26. The summed E-state index contributed by atoms with van der Waals surface area (Å²) in [5.41, 5.74) is 0.162. The number of ether oxygens (including phenoxy) is 2. The first-order valence-electron chi connectivity index (χ1n) is 9.04. The van der Waals surface area contributed by atoms with E-state index in [1.165, 1.54) is 0 Å². The molecular formula is C21H23ClN2O4. The molecule has 0 aliphatic carbocycles.